The molecule has 8 heteroatoms. The molecule has 1 amide bonds. The van der Waals surface area contributed by atoms with Gasteiger partial charge in [0.2, 0.25) is 11.0 Å². The molecule has 0 unspecified atom stereocenters. The number of carboxylic acid groups (broad SMARTS) is 1. The van der Waals surface area contributed by atoms with E-state index >= 15 is 0 Å². The largest absolute Gasteiger partial charge is 0.481 e. The van der Waals surface area contributed by atoms with Crippen molar-refractivity contribution in [2.75, 3.05) is 11.1 Å². The average Bonchev–Trinajstić information content (AvgIpc) is 2.86. The highest BCUT2D eigenvalue weighted by molar-refractivity contribution is 8.01. The molecule has 0 saturated carbocycles. The minimum absolute atomic E-state index is 0.300. The second-order valence-corrected chi connectivity index (χ2v) is 6.78. The molecule has 0 spiro atoms. The molecule has 1 aliphatic carbocycles. The number of hydrogen-bond acceptors (Lipinski definition) is 6. The van der Waals surface area contributed by atoms with E-state index in [0.717, 1.165) is 10.1 Å². The Hall–Kier alpha value is -1.41. The van der Waals surface area contributed by atoms with E-state index in [9.17, 15) is 9.59 Å². The van der Waals surface area contributed by atoms with Gasteiger partial charge in [-0.2, -0.15) is 0 Å². The van der Waals surface area contributed by atoms with Crippen LogP contribution in [-0.4, -0.2) is 32.9 Å². The lowest BCUT2D eigenvalue weighted by molar-refractivity contribution is -0.146. The quantitative estimate of drug-likeness (QED) is 0.492. The highest BCUT2D eigenvalue weighted by Gasteiger charge is 2.34. The van der Waals surface area contributed by atoms with Gasteiger partial charge < -0.3 is 10.4 Å². The van der Waals surface area contributed by atoms with Gasteiger partial charge in [-0.15, -0.1) is 10.2 Å². The first-order valence-electron chi connectivity index (χ1n) is 6.26. The Morgan fingerprint density at radius 1 is 1.40 bits per heavy atom. The summed E-state index contributed by atoms with van der Waals surface area (Å²) < 4.78 is 0.793. The van der Waals surface area contributed by atoms with Crippen molar-refractivity contribution in [2.24, 2.45) is 11.8 Å². The van der Waals surface area contributed by atoms with E-state index in [-0.39, 0.29) is 5.91 Å². The van der Waals surface area contributed by atoms with E-state index in [1.54, 1.807) is 11.8 Å². The number of carbonyl (C=O) groups is 2. The standard InChI is InChI=1S/C12H15N3O3S2/c1-2-19-12-15-14-11(20-12)13-9(16)7-5-3-4-6-8(7)10(17)18/h3-4,7-8H,2,5-6H2,1H3,(H,17,18)(H,13,14,16)/t7-,8-/m0/s1. The lowest BCUT2D eigenvalue weighted by Gasteiger charge is -2.23. The van der Waals surface area contributed by atoms with Crippen molar-refractivity contribution in [2.45, 2.75) is 24.1 Å². The second kappa shape index (κ2) is 6.85. The zero-order chi connectivity index (χ0) is 14.5. The number of hydrogen-bond donors (Lipinski definition) is 2. The molecule has 1 aromatic heterocycles. The molecule has 1 aromatic rings. The van der Waals surface area contributed by atoms with E-state index in [1.807, 2.05) is 19.1 Å². The van der Waals surface area contributed by atoms with Gasteiger partial charge in [0.1, 0.15) is 0 Å². The van der Waals surface area contributed by atoms with Gasteiger partial charge in [0.25, 0.3) is 0 Å². The average molecular weight is 313 g/mol. The molecule has 6 nitrogen and oxygen atoms in total. The van der Waals surface area contributed by atoms with Gasteiger partial charge in [0.05, 0.1) is 11.8 Å². The van der Waals surface area contributed by atoms with Gasteiger partial charge in [-0.05, 0) is 18.6 Å². The van der Waals surface area contributed by atoms with Crippen molar-refractivity contribution in [3.05, 3.63) is 12.2 Å². The van der Waals surface area contributed by atoms with Crippen molar-refractivity contribution in [1.82, 2.24) is 10.2 Å². The molecule has 1 heterocycles. The third-order valence-corrected chi connectivity index (χ3v) is 4.84. The van der Waals surface area contributed by atoms with Crippen LogP contribution < -0.4 is 5.32 Å². The van der Waals surface area contributed by atoms with Crippen LogP contribution in [0.5, 0.6) is 0 Å². The van der Waals surface area contributed by atoms with Gasteiger partial charge in [-0.25, -0.2) is 0 Å². The lowest BCUT2D eigenvalue weighted by atomic mass is 9.82. The fourth-order valence-electron chi connectivity index (χ4n) is 2.02. The third kappa shape index (κ3) is 3.57. The van der Waals surface area contributed by atoms with Crippen molar-refractivity contribution in [1.29, 1.82) is 0 Å². The number of aliphatic carboxylic acids is 1. The number of nitrogens with zero attached hydrogens (tertiary/aromatic N) is 2. The van der Waals surface area contributed by atoms with E-state index in [1.165, 1.54) is 11.3 Å². The highest BCUT2D eigenvalue weighted by Crippen LogP contribution is 2.29. The van der Waals surface area contributed by atoms with Crippen LogP contribution in [0.25, 0.3) is 0 Å². The van der Waals surface area contributed by atoms with E-state index in [0.29, 0.717) is 18.0 Å². The van der Waals surface area contributed by atoms with Gasteiger partial charge >= 0.3 is 5.97 Å². The Morgan fingerprint density at radius 3 is 2.75 bits per heavy atom. The van der Waals surface area contributed by atoms with Crippen molar-refractivity contribution in [3.8, 4) is 0 Å². The van der Waals surface area contributed by atoms with Crippen LogP contribution in [0.3, 0.4) is 0 Å². The molecule has 108 valence electrons. The monoisotopic (exact) mass is 313 g/mol. The molecule has 0 saturated heterocycles. The summed E-state index contributed by atoms with van der Waals surface area (Å²) in [6.07, 6.45) is 4.49. The molecule has 2 rings (SSSR count). The number of nitrogens with one attached hydrogen (secondary N) is 1. The van der Waals surface area contributed by atoms with Crippen molar-refractivity contribution >= 4 is 40.1 Å². The molecule has 0 radical (unpaired) electrons. The van der Waals surface area contributed by atoms with E-state index in [4.69, 9.17) is 5.11 Å². The molecular weight excluding hydrogens is 298 g/mol. The first-order chi connectivity index (χ1) is 9.61. The number of carboxylic acids is 1. The summed E-state index contributed by atoms with van der Waals surface area (Å²) in [5.41, 5.74) is 0. The van der Waals surface area contributed by atoms with Crippen LogP contribution in [0, 0.1) is 11.8 Å². The Kier molecular flexibility index (Phi) is 5.13. The molecule has 0 aromatic carbocycles. The smallest absolute Gasteiger partial charge is 0.307 e. The van der Waals surface area contributed by atoms with Gasteiger partial charge in [0.15, 0.2) is 4.34 Å². The number of thioether (sulfide) groups is 1. The van der Waals surface area contributed by atoms with Crippen molar-refractivity contribution < 1.29 is 14.7 Å². The number of rotatable bonds is 5. The number of aromatic nitrogens is 2. The zero-order valence-corrected chi connectivity index (χ0v) is 12.5. The number of allylic oxidation sites excluding steroid dienone is 2. The minimum Gasteiger partial charge on any atom is -0.481 e. The topological polar surface area (TPSA) is 92.2 Å². The lowest BCUT2D eigenvalue weighted by Crippen LogP contribution is -2.34. The first-order valence-corrected chi connectivity index (χ1v) is 8.07. The number of carbonyl (C=O) groups excluding carboxylic acids is 1. The summed E-state index contributed by atoms with van der Waals surface area (Å²) >= 11 is 2.86. The summed E-state index contributed by atoms with van der Waals surface area (Å²) in [5, 5.41) is 20.1. The highest BCUT2D eigenvalue weighted by atomic mass is 32.2. The fourth-order valence-corrected chi connectivity index (χ4v) is 3.67. The van der Waals surface area contributed by atoms with Crippen LogP contribution in [0.15, 0.2) is 16.5 Å². The SMILES string of the molecule is CCSc1nnc(NC(=O)[C@H]2CC=CC[C@@H]2C(=O)O)s1. The Balaban J connectivity index is 2.02. The normalized spacial score (nSPS) is 21.6. The van der Waals surface area contributed by atoms with Crippen LogP contribution >= 0.6 is 23.1 Å². The molecule has 20 heavy (non-hydrogen) atoms. The van der Waals surface area contributed by atoms with Crippen LogP contribution in [0.4, 0.5) is 5.13 Å². The zero-order valence-electron chi connectivity index (χ0n) is 10.9. The molecular formula is C12H15N3O3S2. The predicted molar refractivity (Wildman–Crippen MR) is 77.9 cm³/mol. The summed E-state index contributed by atoms with van der Waals surface area (Å²) in [6, 6.07) is 0. The summed E-state index contributed by atoms with van der Waals surface area (Å²) in [7, 11) is 0. The molecule has 0 bridgehead atoms. The second-order valence-electron chi connectivity index (χ2n) is 4.29. The van der Waals surface area contributed by atoms with Crippen LogP contribution in [-0.2, 0) is 9.59 Å². The molecule has 0 fully saturated rings. The first kappa shape index (κ1) is 15.0. The summed E-state index contributed by atoms with van der Waals surface area (Å²) in [5.74, 6) is -1.57. The fraction of sp³-hybridized carbons (Fsp3) is 0.500. The molecule has 0 aliphatic heterocycles. The number of anilines is 1. The number of amides is 1. The summed E-state index contributed by atoms with van der Waals surface area (Å²) in [4.78, 5) is 23.3. The van der Waals surface area contributed by atoms with E-state index < -0.39 is 17.8 Å². The Bertz CT molecular complexity index is 530. The molecule has 2 N–H and O–H groups in total. The van der Waals surface area contributed by atoms with Crippen LogP contribution in [0.1, 0.15) is 19.8 Å². The maximum Gasteiger partial charge on any atom is 0.307 e. The van der Waals surface area contributed by atoms with Crippen LogP contribution in [0.2, 0.25) is 0 Å². The maximum atomic E-state index is 12.2. The van der Waals surface area contributed by atoms with Gasteiger partial charge in [-0.3, -0.25) is 9.59 Å². The van der Waals surface area contributed by atoms with Gasteiger partial charge in [-0.1, -0.05) is 42.2 Å². The summed E-state index contributed by atoms with van der Waals surface area (Å²) in [6.45, 7) is 2.01. The predicted octanol–water partition coefficient (Wildman–Crippen LogP) is 2.26. The maximum absolute atomic E-state index is 12.2. The minimum atomic E-state index is -0.936. The Morgan fingerprint density at radius 2 is 2.10 bits per heavy atom. The molecule has 2 atom stereocenters. The van der Waals surface area contributed by atoms with E-state index in [2.05, 4.69) is 15.5 Å². The van der Waals surface area contributed by atoms with Crippen molar-refractivity contribution in [3.63, 3.8) is 0 Å². The third-order valence-electron chi connectivity index (χ3n) is 2.99. The molecule has 1 aliphatic rings. The van der Waals surface area contributed by atoms with Gasteiger partial charge in [0, 0.05) is 0 Å². The Labute approximate surface area is 124 Å².